The first-order valence-corrected chi connectivity index (χ1v) is 10.8. The van der Waals surface area contributed by atoms with E-state index in [0.717, 1.165) is 0 Å². The van der Waals surface area contributed by atoms with Gasteiger partial charge in [-0.1, -0.05) is 13.8 Å². The molecule has 170 valence electrons. The molecule has 0 heterocycles. The monoisotopic (exact) mass is 429 g/mol. The molecule has 8 heteroatoms. The average Bonchev–Trinajstić information content (AvgIpc) is 2.93. The van der Waals surface area contributed by atoms with Crippen molar-refractivity contribution in [3.8, 4) is 0 Å². The zero-order chi connectivity index (χ0) is 22.6. The van der Waals surface area contributed by atoms with Crippen LogP contribution in [0.5, 0.6) is 0 Å². The van der Waals surface area contributed by atoms with Crippen LogP contribution in [0.15, 0.2) is 0 Å². The van der Waals surface area contributed by atoms with Gasteiger partial charge in [0.25, 0.3) is 0 Å². The maximum atomic E-state index is 13.7. The second-order valence-corrected chi connectivity index (χ2v) is 10.9. The summed E-state index contributed by atoms with van der Waals surface area (Å²) < 4.78 is 32.6. The van der Waals surface area contributed by atoms with Crippen molar-refractivity contribution in [3.05, 3.63) is 0 Å². The lowest BCUT2D eigenvalue weighted by Crippen LogP contribution is -2.52. The Hall–Kier alpha value is -1.73. The molecule has 0 aromatic rings. The minimum atomic E-state index is -2.77. The van der Waals surface area contributed by atoms with Crippen LogP contribution >= 0.6 is 0 Å². The highest BCUT2D eigenvalue weighted by Gasteiger charge is 2.70. The van der Waals surface area contributed by atoms with Gasteiger partial charge < -0.3 is 15.2 Å². The number of carbonyl (C=O) groups excluding carboxylic acids is 2. The van der Waals surface area contributed by atoms with Crippen molar-refractivity contribution < 1.29 is 33.0 Å². The van der Waals surface area contributed by atoms with Crippen LogP contribution in [-0.4, -0.2) is 40.5 Å². The Labute approximate surface area is 176 Å². The molecule has 30 heavy (non-hydrogen) atoms. The van der Waals surface area contributed by atoms with E-state index < -0.39 is 47.4 Å². The van der Waals surface area contributed by atoms with Crippen LogP contribution in [0.2, 0.25) is 0 Å². The molecule has 0 bridgehead atoms. The molecule has 5 atom stereocenters. The van der Waals surface area contributed by atoms with Crippen molar-refractivity contribution in [2.75, 3.05) is 0 Å². The lowest BCUT2D eigenvalue weighted by atomic mass is 9.74. The summed E-state index contributed by atoms with van der Waals surface area (Å²) in [5.41, 5.74) is -0.888. The number of hydrogen-bond donors (Lipinski definition) is 2. The molecule has 0 radical (unpaired) electrons. The highest BCUT2D eigenvalue weighted by Crippen LogP contribution is 2.70. The average molecular weight is 430 g/mol. The first-order chi connectivity index (χ1) is 13.6. The summed E-state index contributed by atoms with van der Waals surface area (Å²) in [5, 5.41) is 12.4. The smallest absolute Gasteiger partial charge is 0.408 e. The first-order valence-electron chi connectivity index (χ1n) is 10.8. The minimum Gasteiger partial charge on any atom is -0.481 e. The van der Waals surface area contributed by atoms with Crippen molar-refractivity contribution >= 4 is 17.8 Å². The van der Waals surface area contributed by atoms with Gasteiger partial charge >= 0.3 is 12.1 Å². The van der Waals surface area contributed by atoms with Crippen molar-refractivity contribution in [3.63, 3.8) is 0 Å². The molecule has 3 unspecified atom stereocenters. The van der Waals surface area contributed by atoms with Crippen molar-refractivity contribution in [2.45, 2.75) is 84.3 Å². The van der Waals surface area contributed by atoms with E-state index in [9.17, 15) is 28.3 Å². The Morgan fingerprint density at radius 1 is 1.13 bits per heavy atom. The topological polar surface area (TPSA) is 92.7 Å². The van der Waals surface area contributed by atoms with E-state index in [-0.39, 0.29) is 48.7 Å². The molecule has 3 aliphatic rings. The van der Waals surface area contributed by atoms with Gasteiger partial charge in [-0.05, 0) is 63.2 Å². The normalized spacial score (nSPS) is 33.3. The molecule has 6 nitrogen and oxygen atoms in total. The van der Waals surface area contributed by atoms with E-state index >= 15 is 0 Å². The van der Waals surface area contributed by atoms with Gasteiger partial charge in [0, 0.05) is 18.8 Å². The van der Waals surface area contributed by atoms with Crippen molar-refractivity contribution in [2.24, 2.45) is 35.0 Å². The Balaban J connectivity index is 1.80. The molecule has 3 fully saturated rings. The summed E-state index contributed by atoms with van der Waals surface area (Å²) in [7, 11) is 0. The lowest BCUT2D eigenvalue weighted by Gasteiger charge is -2.36. The summed E-state index contributed by atoms with van der Waals surface area (Å²) in [5.74, 6) is -6.00. The number of ketones is 1. The molecular weight excluding hydrogens is 396 g/mol. The molecule has 1 amide bonds. The number of alkyl halides is 2. The number of ether oxygens (including phenoxy) is 1. The van der Waals surface area contributed by atoms with Crippen LogP contribution in [0.4, 0.5) is 13.6 Å². The third kappa shape index (κ3) is 4.47. The van der Waals surface area contributed by atoms with Crippen LogP contribution in [-0.2, 0) is 14.3 Å². The molecule has 0 aromatic heterocycles. The van der Waals surface area contributed by atoms with E-state index in [1.807, 2.05) is 13.8 Å². The maximum absolute atomic E-state index is 13.7. The van der Waals surface area contributed by atoms with E-state index in [0.29, 0.717) is 6.42 Å². The largest absolute Gasteiger partial charge is 0.481 e. The van der Waals surface area contributed by atoms with Gasteiger partial charge in [-0.3, -0.25) is 9.59 Å². The van der Waals surface area contributed by atoms with Gasteiger partial charge in [-0.2, -0.15) is 0 Å². The number of nitrogens with one attached hydrogen (secondary N) is 1. The van der Waals surface area contributed by atoms with Crippen LogP contribution in [0, 0.1) is 35.0 Å². The second kappa shape index (κ2) is 7.45. The summed E-state index contributed by atoms with van der Waals surface area (Å²) in [6.07, 6.45) is -0.813. The molecule has 0 aliphatic heterocycles. The second-order valence-electron chi connectivity index (χ2n) is 10.9. The number of halogens is 2. The Morgan fingerprint density at radius 2 is 1.70 bits per heavy atom. The number of carbonyl (C=O) groups is 3. The quantitative estimate of drug-likeness (QED) is 0.681. The molecule has 0 aromatic carbocycles. The number of carboxylic acid groups (broad SMARTS) is 1. The number of hydrogen-bond acceptors (Lipinski definition) is 4. The van der Waals surface area contributed by atoms with Gasteiger partial charge in [-0.25, -0.2) is 13.6 Å². The molecule has 3 saturated carbocycles. The molecule has 0 spiro atoms. The highest BCUT2D eigenvalue weighted by atomic mass is 19.3. The molecule has 0 saturated heterocycles. The minimum absolute atomic E-state index is 0.0678. The summed E-state index contributed by atoms with van der Waals surface area (Å²) in [4.78, 5) is 37.8. The van der Waals surface area contributed by atoms with E-state index in [2.05, 4.69) is 5.32 Å². The molecule has 3 aliphatic carbocycles. The number of carboxylic acids is 1. The maximum Gasteiger partial charge on any atom is 0.408 e. The number of fused-ring (bicyclic) bond motifs is 1. The third-order valence-electron chi connectivity index (χ3n) is 7.33. The Bertz CT molecular complexity index is 720. The Kier molecular flexibility index (Phi) is 5.70. The standard InChI is InChI=1S/C22H33F2NO5/c1-20(2,3)30-19(29)25-16(11-6-8-22(23,24)9-7-11)17(26)12-10-13-15(21(13,4)5)14(12)18(27)28/h11-16H,6-10H2,1-5H3,(H,25,29)(H,27,28)/t12?,13-,14?,15-,16?/m0/s1. The SMILES string of the molecule is CC(C)(C)OC(=O)NC(C(=O)C1C[C@H]2[C@@H](C1C(=O)O)C2(C)C)C1CCC(F)(F)CC1. The third-order valence-corrected chi connectivity index (χ3v) is 7.33. The molecule has 3 rings (SSSR count). The number of amides is 1. The van der Waals surface area contributed by atoms with Crippen molar-refractivity contribution in [1.82, 2.24) is 5.32 Å². The zero-order valence-corrected chi connectivity index (χ0v) is 18.3. The first kappa shape index (κ1) is 22.9. The zero-order valence-electron chi connectivity index (χ0n) is 18.3. The highest BCUT2D eigenvalue weighted by molar-refractivity contribution is 5.93. The van der Waals surface area contributed by atoms with E-state index in [1.165, 1.54) is 0 Å². The fraction of sp³-hybridized carbons (Fsp3) is 0.864. The van der Waals surface area contributed by atoms with Crippen LogP contribution in [0.1, 0.15) is 66.7 Å². The van der Waals surface area contributed by atoms with Gasteiger partial charge in [0.15, 0.2) is 5.78 Å². The number of alkyl carbamates (subject to hydrolysis) is 1. The van der Waals surface area contributed by atoms with Gasteiger partial charge in [0.05, 0.1) is 12.0 Å². The van der Waals surface area contributed by atoms with Crippen molar-refractivity contribution in [1.29, 1.82) is 0 Å². The summed E-state index contributed by atoms with van der Waals surface area (Å²) >= 11 is 0. The van der Waals surface area contributed by atoms with Crippen LogP contribution in [0.25, 0.3) is 0 Å². The summed E-state index contributed by atoms with van der Waals surface area (Å²) in [6, 6.07) is -1.01. The van der Waals surface area contributed by atoms with Crippen LogP contribution in [0.3, 0.4) is 0 Å². The number of aliphatic carboxylic acids is 1. The predicted molar refractivity (Wildman–Crippen MR) is 105 cm³/mol. The van der Waals surface area contributed by atoms with Gasteiger partial charge in [-0.15, -0.1) is 0 Å². The predicted octanol–water partition coefficient (Wildman–Crippen LogP) is 4.27. The molecule has 2 N–H and O–H groups in total. The van der Waals surface area contributed by atoms with Crippen LogP contribution < -0.4 is 5.32 Å². The molecular formula is C22H33F2NO5. The lowest BCUT2D eigenvalue weighted by molar-refractivity contribution is -0.148. The van der Waals surface area contributed by atoms with E-state index in [1.54, 1.807) is 20.8 Å². The van der Waals surface area contributed by atoms with Gasteiger partial charge in [0.2, 0.25) is 5.92 Å². The fourth-order valence-corrected chi connectivity index (χ4v) is 5.72. The fourth-order valence-electron chi connectivity index (χ4n) is 5.72. The Morgan fingerprint density at radius 3 is 2.20 bits per heavy atom. The van der Waals surface area contributed by atoms with Gasteiger partial charge in [0.1, 0.15) is 5.60 Å². The number of rotatable bonds is 5. The number of Topliss-reactive ketones (excluding diaryl/α,β-unsaturated/α-hetero) is 1. The van der Waals surface area contributed by atoms with E-state index in [4.69, 9.17) is 4.74 Å². The summed E-state index contributed by atoms with van der Waals surface area (Å²) in [6.45, 7) is 9.10.